The highest BCUT2D eigenvalue weighted by molar-refractivity contribution is 5.47. The maximum absolute atomic E-state index is 13.2. The number of halogens is 4. The van der Waals surface area contributed by atoms with Crippen LogP contribution in [0.3, 0.4) is 0 Å². The van der Waals surface area contributed by atoms with Crippen molar-refractivity contribution in [1.29, 1.82) is 0 Å². The minimum Gasteiger partial charge on any atom is -0.378 e. The first-order chi connectivity index (χ1) is 9.90. The number of hydrogen-bond donors (Lipinski definition) is 1. The van der Waals surface area contributed by atoms with Gasteiger partial charge in [-0.1, -0.05) is 19.1 Å². The number of anilines is 1. The molecular weight excluding hydrogens is 282 g/mol. The summed E-state index contributed by atoms with van der Waals surface area (Å²) >= 11 is 0. The lowest BCUT2D eigenvalue weighted by molar-refractivity contribution is -0.137. The normalized spacial score (nSPS) is 13.0. The van der Waals surface area contributed by atoms with E-state index in [1.165, 1.54) is 24.3 Å². The first-order valence-electron chi connectivity index (χ1n) is 6.59. The Morgan fingerprint density at radius 3 is 2.24 bits per heavy atom. The highest BCUT2D eigenvalue weighted by Crippen LogP contribution is 2.31. The van der Waals surface area contributed by atoms with Crippen molar-refractivity contribution >= 4 is 5.69 Å². The van der Waals surface area contributed by atoms with Crippen LogP contribution in [0.2, 0.25) is 0 Å². The van der Waals surface area contributed by atoms with Gasteiger partial charge in [-0.25, -0.2) is 4.39 Å². The zero-order valence-electron chi connectivity index (χ0n) is 11.4. The topological polar surface area (TPSA) is 12.0 Å². The fourth-order valence-corrected chi connectivity index (χ4v) is 2.10. The summed E-state index contributed by atoms with van der Waals surface area (Å²) in [4.78, 5) is 0. The summed E-state index contributed by atoms with van der Waals surface area (Å²) in [5.74, 6) is -0.333. The molecule has 0 amide bonds. The van der Waals surface area contributed by atoms with E-state index in [1.54, 1.807) is 12.1 Å². The van der Waals surface area contributed by atoms with Gasteiger partial charge in [0.05, 0.1) is 11.6 Å². The van der Waals surface area contributed by atoms with Crippen molar-refractivity contribution in [3.8, 4) is 0 Å². The SMILES string of the molecule is CCC(Nc1ccc(C(F)(F)F)cc1)c1cccc(F)c1. The molecule has 2 rings (SSSR count). The molecule has 0 heterocycles. The van der Waals surface area contributed by atoms with Crippen LogP contribution in [0.4, 0.5) is 23.2 Å². The summed E-state index contributed by atoms with van der Waals surface area (Å²) in [6.07, 6.45) is -3.66. The number of hydrogen-bond acceptors (Lipinski definition) is 1. The summed E-state index contributed by atoms with van der Waals surface area (Å²) in [7, 11) is 0. The van der Waals surface area contributed by atoms with Crippen LogP contribution in [0.25, 0.3) is 0 Å². The highest BCUT2D eigenvalue weighted by atomic mass is 19.4. The van der Waals surface area contributed by atoms with E-state index >= 15 is 0 Å². The predicted molar refractivity (Wildman–Crippen MR) is 74.5 cm³/mol. The molecule has 0 aliphatic carbocycles. The molecule has 5 heteroatoms. The molecule has 0 saturated carbocycles. The van der Waals surface area contributed by atoms with Crippen molar-refractivity contribution in [2.45, 2.75) is 25.6 Å². The summed E-state index contributed by atoms with van der Waals surface area (Å²) in [6, 6.07) is 10.8. The van der Waals surface area contributed by atoms with E-state index in [4.69, 9.17) is 0 Å². The summed E-state index contributed by atoms with van der Waals surface area (Å²) in [6.45, 7) is 1.92. The Morgan fingerprint density at radius 1 is 1.05 bits per heavy atom. The number of rotatable bonds is 4. The maximum Gasteiger partial charge on any atom is 0.416 e. The first-order valence-corrected chi connectivity index (χ1v) is 6.59. The third-order valence-electron chi connectivity index (χ3n) is 3.21. The van der Waals surface area contributed by atoms with Gasteiger partial charge in [0, 0.05) is 5.69 Å². The average Bonchev–Trinajstić information content (AvgIpc) is 2.44. The lowest BCUT2D eigenvalue weighted by Crippen LogP contribution is -2.10. The summed E-state index contributed by atoms with van der Waals surface area (Å²) in [5.41, 5.74) is 0.642. The molecule has 0 bridgehead atoms. The second-order valence-electron chi connectivity index (χ2n) is 4.74. The van der Waals surface area contributed by atoms with E-state index in [1.807, 2.05) is 6.92 Å². The molecule has 1 nitrogen and oxygen atoms in total. The Bertz CT molecular complexity index is 590. The Kier molecular flexibility index (Phi) is 4.50. The van der Waals surface area contributed by atoms with Crippen molar-refractivity contribution in [3.05, 3.63) is 65.5 Å². The zero-order chi connectivity index (χ0) is 15.5. The van der Waals surface area contributed by atoms with E-state index in [0.717, 1.165) is 17.7 Å². The minimum atomic E-state index is -4.34. The molecule has 0 aliphatic rings. The Balaban J connectivity index is 2.15. The van der Waals surface area contributed by atoms with Crippen molar-refractivity contribution < 1.29 is 17.6 Å². The van der Waals surface area contributed by atoms with Crippen LogP contribution >= 0.6 is 0 Å². The number of benzene rings is 2. The van der Waals surface area contributed by atoms with Crippen molar-refractivity contribution in [2.24, 2.45) is 0 Å². The zero-order valence-corrected chi connectivity index (χ0v) is 11.4. The van der Waals surface area contributed by atoms with Crippen molar-refractivity contribution in [3.63, 3.8) is 0 Å². The third-order valence-corrected chi connectivity index (χ3v) is 3.21. The molecule has 0 aliphatic heterocycles. The highest BCUT2D eigenvalue weighted by Gasteiger charge is 2.30. The van der Waals surface area contributed by atoms with Crippen LogP contribution in [0.15, 0.2) is 48.5 Å². The van der Waals surface area contributed by atoms with Crippen LogP contribution in [-0.2, 0) is 6.18 Å². The first kappa shape index (κ1) is 15.4. The maximum atomic E-state index is 13.2. The van der Waals surface area contributed by atoms with E-state index in [0.29, 0.717) is 12.1 Å². The lowest BCUT2D eigenvalue weighted by Gasteiger charge is -2.19. The molecule has 0 fully saturated rings. The van der Waals surface area contributed by atoms with Crippen LogP contribution < -0.4 is 5.32 Å². The van der Waals surface area contributed by atoms with Crippen LogP contribution in [0, 0.1) is 5.82 Å². The van der Waals surface area contributed by atoms with E-state index in [2.05, 4.69) is 5.32 Å². The van der Waals surface area contributed by atoms with Crippen molar-refractivity contribution in [2.75, 3.05) is 5.32 Å². The fourth-order valence-electron chi connectivity index (χ4n) is 2.10. The smallest absolute Gasteiger partial charge is 0.378 e. The molecule has 1 unspecified atom stereocenters. The largest absolute Gasteiger partial charge is 0.416 e. The van der Waals surface area contributed by atoms with Crippen LogP contribution in [0.1, 0.15) is 30.5 Å². The second kappa shape index (κ2) is 6.16. The second-order valence-corrected chi connectivity index (χ2v) is 4.74. The lowest BCUT2D eigenvalue weighted by atomic mass is 10.0. The van der Waals surface area contributed by atoms with Gasteiger partial charge in [0.2, 0.25) is 0 Å². The molecule has 2 aromatic carbocycles. The molecule has 2 aromatic rings. The average molecular weight is 297 g/mol. The molecular formula is C16H15F4N. The van der Waals surface area contributed by atoms with E-state index in [9.17, 15) is 17.6 Å². The Morgan fingerprint density at radius 2 is 1.71 bits per heavy atom. The Labute approximate surface area is 120 Å². The van der Waals surface area contributed by atoms with Crippen molar-refractivity contribution in [1.82, 2.24) is 0 Å². The fraction of sp³-hybridized carbons (Fsp3) is 0.250. The monoisotopic (exact) mass is 297 g/mol. The molecule has 1 N–H and O–H groups in total. The predicted octanol–water partition coefficient (Wildman–Crippen LogP) is 5.41. The van der Waals surface area contributed by atoms with Gasteiger partial charge in [-0.05, 0) is 48.4 Å². The van der Waals surface area contributed by atoms with Gasteiger partial charge in [-0.3, -0.25) is 0 Å². The van der Waals surface area contributed by atoms with Gasteiger partial charge in [-0.2, -0.15) is 13.2 Å². The number of nitrogens with one attached hydrogen (secondary N) is 1. The van der Waals surface area contributed by atoms with Gasteiger partial charge >= 0.3 is 6.18 Å². The summed E-state index contributed by atoms with van der Waals surface area (Å²) in [5, 5.41) is 3.12. The molecule has 0 aromatic heterocycles. The minimum absolute atomic E-state index is 0.155. The number of alkyl halides is 3. The van der Waals surface area contributed by atoms with Gasteiger partial charge in [0.1, 0.15) is 5.82 Å². The standard InChI is InChI=1S/C16H15F4N/c1-2-15(11-4-3-5-13(17)10-11)21-14-8-6-12(7-9-14)16(18,19)20/h3-10,15,21H,2H2,1H3. The van der Waals surface area contributed by atoms with Gasteiger partial charge < -0.3 is 5.32 Å². The molecule has 0 radical (unpaired) electrons. The van der Waals surface area contributed by atoms with E-state index in [-0.39, 0.29) is 11.9 Å². The molecule has 0 spiro atoms. The molecule has 21 heavy (non-hydrogen) atoms. The van der Waals surface area contributed by atoms with Gasteiger partial charge in [0.15, 0.2) is 0 Å². The molecule has 1 atom stereocenters. The molecule has 112 valence electrons. The quantitative estimate of drug-likeness (QED) is 0.744. The van der Waals surface area contributed by atoms with Crippen LogP contribution in [-0.4, -0.2) is 0 Å². The third kappa shape index (κ3) is 3.97. The Hall–Kier alpha value is -2.04. The summed E-state index contributed by atoms with van der Waals surface area (Å²) < 4.78 is 50.7. The molecule has 0 saturated heterocycles. The van der Waals surface area contributed by atoms with E-state index < -0.39 is 11.7 Å². The van der Waals surface area contributed by atoms with Gasteiger partial charge in [0.25, 0.3) is 0 Å². The van der Waals surface area contributed by atoms with Gasteiger partial charge in [-0.15, -0.1) is 0 Å². The van der Waals surface area contributed by atoms with Crippen LogP contribution in [0.5, 0.6) is 0 Å².